The van der Waals surface area contributed by atoms with Crippen molar-refractivity contribution in [2.24, 2.45) is 0 Å². The first-order chi connectivity index (χ1) is 11.1. The van der Waals surface area contributed by atoms with Gasteiger partial charge >= 0.3 is 0 Å². The second kappa shape index (κ2) is 8.05. The lowest BCUT2D eigenvalue weighted by atomic mass is 10.1. The van der Waals surface area contributed by atoms with E-state index in [9.17, 15) is 4.79 Å². The average molecular weight is 427 g/mol. The van der Waals surface area contributed by atoms with Gasteiger partial charge in [-0.1, -0.05) is 12.1 Å². The smallest absolute Gasteiger partial charge is 0.252 e. The molecule has 0 heterocycles. The highest BCUT2D eigenvalue weighted by Gasteiger charge is 2.15. The summed E-state index contributed by atoms with van der Waals surface area (Å²) in [5, 5.41) is 2.90. The maximum atomic E-state index is 12.4. The summed E-state index contributed by atoms with van der Waals surface area (Å²) >= 11 is 2.11. The van der Waals surface area contributed by atoms with Crippen LogP contribution in [0.5, 0.6) is 17.2 Å². The molecular weight excluding hydrogens is 409 g/mol. The van der Waals surface area contributed by atoms with Gasteiger partial charge in [-0.3, -0.25) is 4.79 Å². The van der Waals surface area contributed by atoms with Crippen molar-refractivity contribution in [2.75, 3.05) is 21.3 Å². The lowest BCUT2D eigenvalue weighted by Crippen LogP contribution is -2.23. The molecule has 5 nitrogen and oxygen atoms in total. The Kier molecular flexibility index (Phi) is 6.09. The molecule has 2 rings (SSSR count). The lowest BCUT2D eigenvalue weighted by molar-refractivity contribution is 0.0949. The number of carbonyl (C=O) groups is 1. The molecule has 0 atom stereocenters. The molecule has 2 aromatic rings. The molecule has 6 heteroatoms. The van der Waals surface area contributed by atoms with Crippen molar-refractivity contribution < 1.29 is 19.0 Å². The van der Waals surface area contributed by atoms with Crippen molar-refractivity contribution in [3.8, 4) is 17.2 Å². The van der Waals surface area contributed by atoms with Crippen LogP contribution >= 0.6 is 22.6 Å². The van der Waals surface area contributed by atoms with E-state index < -0.39 is 0 Å². The fourth-order valence-electron chi connectivity index (χ4n) is 2.09. The third-order valence-electron chi connectivity index (χ3n) is 3.31. The highest BCUT2D eigenvalue weighted by atomic mass is 127. The SMILES string of the molecule is COc1cccc(CNC(=O)c2cc(OC)c(OC)cc2I)c1. The molecule has 122 valence electrons. The van der Waals surface area contributed by atoms with E-state index in [1.165, 1.54) is 0 Å². The van der Waals surface area contributed by atoms with Gasteiger partial charge in [-0.25, -0.2) is 0 Å². The van der Waals surface area contributed by atoms with Gasteiger partial charge in [0.1, 0.15) is 5.75 Å². The van der Waals surface area contributed by atoms with Crippen LogP contribution in [0, 0.1) is 3.57 Å². The number of hydrogen-bond acceptors (Lipinski definition) is 4. The summed E-state index contributed by atoms with van der Waals surface area (Å²) in [6, 6.07) is 11.0. The van der Waals surface area contributed by atoms with Crippen molar-refractivity contribution in [1.29, 1.82) is 0 Å². The fraction of sp³-hybridized carbons (Fsp3) is 0.235. The topological polar surface area (TPSA) is 56.8 Å². The van der Waals surface area contributed by atoms with E-state index in [0.717, 1.165) is 14.9 Å². The summed E-state index contributed by atoms with van der Waals surface area (Å²) in [6.45, 7) is 0.417. The zero-order chi connectivity index (χ0) is 16.8. The number of ether oxygens (including phenoxy) is 3. The third-order valence-corrected chi connectivity index (χ3v) is 4.20. The molecule has 0 bridgehead atoms. The van der Waals surface area contributed by atoms with Crippen molar-refractivity contribution in [1.82, 2.24) is 5.32 Å². The minimum Gasteiger partial charge on any atom is -0.497 e. The summed E-state index contributed by atoms with van der Waals surface area (Å²) in [5.41, 5.74) is 1.51. The minimum absolute atomic E-state index is 0.168. The number of methoxy groups -OCH3 is 3. The zero-order valence-corrected chi connectivity index (χ0v) is 15.3. The number of amides is 1. The first-order valence-electron chi connectivity index (χ1n) is 6.91. The van der Waals surface area contributed by atoms with E-state index in [1.54, 1.807) is 33.5 Å². The van der Waals surface area contributed by atoms with Gasteiger partial charge in [0.2, 0.25) is 0 Å². The van der Waals surface area contributed by atoms with Crippen molar-refractivity contribution in [2.45, 2.75) is 6.54 Å². The zero-order valence-electron chi connectivity index (χ0n) is 13.2. The number of halogens is 1. The molecule has 0 aromatic heterocycles. The highest BCUT2D eigenvalue weighted by Crippen LogP contribution is 2.31. The summed E-state index contributed by atoms with van der Waals surface area (Å²) < 4.78 is 16.5. The molecule has 0 aliphatic heterocycles. The maximum Gasteiger partial charge on any atom is 0.252 e. The van der Waals surface area contributed by atoms with Gasteiger partial charge in [0.05, 0.1) is 26.9 Å². The number of nitrogens with one attached hydrogen (secondary N) is 1. The quantitative estimate of drug-likeness (QED) is 0.720. The van der Waals surface area contributed by atoms with Gasteiger partial charge in [0.25, 0.3) is 5.91 Å². The van der Waals surface area contributed by atoms with Gasteiger partial charge < -0.3 is 19.5 Å². The van der Waals surface area contributed by atoms with Crippen LogP contribution in [0.15, 0.2) is 36.4 Å². The number of hydrogen-bond donors (Lipinski definition) is 1. The highest BCUT2D eigenvalue weighted by molar-refractivity contribution is 14.1. The van der Waals surface area contributed by atoms with Gasteiger partial charge in [-0.05, 0) is 52.4 Å². The van der Waals surface area contributed by atoms with Crippen molar-refractivity contribution in [3.63, 3.8) is 0 Å². The van der Waals surface area contributed by atoms with Crippen LogP contribution in [0.1, 0.15) is 15.9 Å². The molecular formula is C17H18INO4. The summed E-state index contributed by atoms with van der Waals surface area (Å²) in [7, 11) is 4.73. The van der Waals surface area contributed by atoms with E-state index in [1.807, 2.05) is 24.3 Å². The van der Waals surface area contributed by atoms with Crippen LogP contribution in [0.25, 0.3) is 0 Å². The Hall–Kier alpha value is -1.96. The molecule has 0 unspecified atom stereocenters. The Morgan fingerprint density at radius 3 is 2.39 bits per heavy atom. The van der Waals surface area contributed by atoms with Crippen LogP contribution in [0.4, 0.5) is 0 Å². The Labute approximate surface area is 149 Å². The molecule has 0 spiro atoms. The molecule has 0 aliphatic carbocycles. The number of rotatable bonds is 6. The van der Waals surface area contributed by atoms with Gasteiger partial charge in [-0.2, -0.15) is 0 Å². The van der Waals surface area contributed by atoms with Gasteiger partial charge in [-0.15, -0.1) is 0 Å². The van der Waals surface area contributed by atoms with E-state index in [4.69, 9.17) is 14.2 Å². The molecule has 0 fully saturated rings. The number of benzene rings is 2. The Balaban J connectivity index is 2.14. The summed E-state index contributed by atoms with van der Waals surface area (Å²) in [6.07, 6.45) is 0. The average Bonchev–Trinajstić information content (AvgIpc) is 2.59. The molecule has 2 aromatic carbocycles. The monoisotopic (exact) mass is 427 g/mol. The first kappa shape index (κ1) is 17.4. The molecule has 0 saturated heterocycles. The molecule has 0 aliphatic rings. The van der Waals surface area contributed by atoms with E-state index in [2.05, 4.69) is 27.9 Å². The van der Waals surface area contributed by atoms with Crippen molar-refractivity contribution >= 4 is 28.5 Å². The van der Waals surface area contributed by atoms with Crippen LogP contribution in [0.3, 0.4) is 0 Å². The van der Waals surface area contributed by atoms with Gasteiger partial charge in [0, 0.05) is 10.1 Å². The summed E-state index contributed by atoms with van der Waals surface area (Å²) in [5.74, 6) is 1.72. The fourth-order valence-corrected chi connectivity index (χ4v) is 2.77. The number of carbonyl (C=O) groups excluding carboxylic acids is 1. The molecule has 1 N–H and O–H groups in total. The first-order valence-corrected chi connectivity index (χ1v) is 7.99. The Morgan fingerprint density at radius 1 is 1.04 bits per heavy atom. The van der Waals surface area contributed by atoms with Crippen LogP contribution in [-0.2, 0) is 6.54 Å². The molecule has 1 amide bonds. The maximum absolute atomic E-state index is 12.4. The standard InChI is InChI=1S/C17H18INO4/c1-21-12-6-4-5-11(7-12)10-19-17(20)13-8-15(22-2)16(23-3)9-14(13)18/h4-9H,10H2,1-3H3,(H,19,20). The van der Waals surface area contributed by atoms with Crippen LogP contribution < -0.4 is 19.5 Å². The van der Waals surface area contributed by atoms with Crippen LogP contribution in [-0.4, -0.2) is 27.2 Å². The van der Waals surface area contributed by atoms with Gasteiger partial charge in [0.15, 0.2) is 11.5 Å². The Bertz CT molecular complexity index is 703. The van der Waals surface area contributed by atoms with Crippen molar-refractivity contribution in [3.05, 3.63) is 51.1 Å². The predicted molar refractivity (Wildman–Crippen MR) is 96.4 cm³/mol. The Morgan fingerprint density at radius 2 is 1.74 bits per heavy atom. The summed E-state index contributed by atoms with van der Waals surface area (Å²) in [4.78, 5) is 12.4. The van der Waals surface area contributed by atoms with Crippen LogP contribution in [0.2, 0.25) is 0 Å². The second-order valence-corrected chi connectivity index (χ2v) is 5.88. The third kappa shape index (κ3) is 4.28. The minimum atomic E-state index is -0.168. The molecule has 0 saturated carbocycles. The van der Waals surface area contributed by atoms with E-state index in [-0.39, 0.29) is 5.91 Å². The molecule has 0 radical (unpaired) electrons. The predicted octanol–water partition coefficient (Wildman–Crippen LogP) is 3.25. The second-order valence-electron chi connectivity index (χ2n) is 4.72. The normalized spacial score (nSPS) is 10.1. The lowest BCUT2D eigenvalue weighted by Gasteiger charge is -2.12. The van der Waals surface area contributed by atoms with E-state index >= 15 is 0 Å². The van der Waals surface area contributed by atoms with E-state index in [0.29, 0.717) is 23.6 Å². The molecule has 23 heavy (non-hydrogen) atoms. The largest absolute Gasteiger partial charge is 0.497 e.